The number of rotatable bonds is 2. The molecule has 2 N–H and O–H groups in total. The van der Waals surface area contributed by atoms with Crippen molar-refractivity contribution in [3.05, 3.63) is 40.3 Å². The van der Waals surface area contributed by atoms with E-state index in [2.05, 4.69) is 14.8 Å². The third kappa shape index (κ3) is 1.98. The molecule has 4 nitrogen and oxygen atoms in total. The van der Waals surface area contributed by atoms with Crippen molar-refractivity contribution in [3.8, 4) is 11.1 Å². The maximum Gasteiger partial charge on any atom is 0.0835 e. The van der Waals surface area contributed by atoms with Crippen LogP contribution >= 0.6 is 23.2 Å². The van der Waals surface area contributed by atoms with Gasteiger partial charge in [0.1, 0.15) is 0 Å². The van der Waals surface area contributed by atoms with Crippen molar-refractivity contribution in [1.29, 1.82) is 0 Å². The number of hydrogen-bond donors (Lipinski definition) is 2. The Morgan fingerprint density at radius 3 is 2.95 bits per heavy atom. The maximum atomic E-state index is 9.54. The minimum absolute atomic E-state index is 0.209. The number of aromatic amines is 1. The molecule has 22 heavy (non-hydrogen) atoms. The van der Waals surface area contributed by atoms with E-state index in [-0.39, 0.29) is 12.5 Å². The first-order chi connectivity index (χ1) is 10.7. The molecule has 1 aromatic carbocycles. The second-order valence-electron chi connectivity index (χ2n) is 5.76. The quantitative estimate of drug-likeness (QED) is 0.746. The number of H-pyrrole nitrogens is 1. The molecule has 2 aromatic heterocycles. The van der Waals surface area contributed by atoms with Gasteiger partial charge in [0.15, 0.2) is 0 Å². The van der Waals surface area contributed by atoms with E-state index in [1.807, 2.05) is 24.5 Å². The molecule has 6 heteroatoms. The fourth-order valence-corrected chi connectivity index (χ4v) is 3.86. The van der Waals surface area contributed by atoms with Gasteiger partial charge in [-0.1, -0.05) is 29.3 Å². The van der Waals surface area contributed by atoms with Crippen LogP contribution in [0.25, 0.3) is 22.0 Å². The first-order valence-corrected chi connectivity index (χ1v) is 8.05. The molecular formula is C16H15Cl2N3O. The average Bonchev–Trinajstić information content (AvgIpc) is 3.15. The fraction of sp³-hybridized carbons (Fsp3) is 0.312. The number of benzene rings is 1. The van der Waals surface area contributed by atoms with E-state index in [1.54, 1.807) is 0 Å². The van der Waals surface area contributed by atoms with Crippen LogP contribution in [0.1, 0.15) is 12.1 Å². The number of aliphatic hydroxyl groups excluding tert-OH is 1. The lowest BCUT2D eigenvalue weighted by Gasteiger charge is -2.24. The van der Waals surface area contributed by atoms with Gasteiger partial charge in [-0.15, -0.1) is 0 Å². The molecule has 1 unspecified atom stereocenters. The van der Waals surface area contributed by atoms with Gasteiger partial charge in [-0.3, -0.25) is 5.10 Å². The van der Waals surface area contributed by atoms with Crippen molar-refractivity contribution in [2.75, 3.05) is 6.61 Å². The molecule has 0 radical (unpaired) electrons. The maximum absolute atomic E-state index is 9.54. The molecule has 1 aliphatic rings. The van der Waals surface area contributed by atoms with Crippen molar-refractivity contribution in [2.45, 2.75) is 19.4 Å². The minimum Gasteiger partial charge on any atom is -0.396 e. The van der Waals surface area contributed by atoms with Crippen LogP contribution in [0.15, 0.2) is 24.5 Å². The third-order valence-electron chi connectivity index (χ3n) is 4.51. The standard InChI is InChI=1S/C16H15Cl2N3O/c17-12-2-1-11-14(10-6-19-20-7-10)13-5-9(8-22)3-4-21(13)16(11)15(12)18/h1-2,6-7,9,22H,3-5,8H2,(H,19,20). The number of aliphatic hydroxyl groups is 1. The van der Waals surface area contributed by atoms with Gasteiger partial charge in [-0.25, -0.2) is 0 Å². The monoisotopic (exact) mass is 335 g/mol. The highest BCUT2D eigenvalue weighted by molar-refractivity contribution is 6.45. The second kappa shape index (κ2) is 5.30. The summed E-state index contributed by atoms with van der Waals surface area (Å²) in [6.07, 6.45) is 5.49. The van der Waals surface area contributed by atoms with Crippen LogP contribution in [0.3, 0.4) is 0 Å². The lowest BCUT2D eigenvalue weighted by Crippen LogP contribution is -2.21. The highest BCUT2D eigenvalue weighted by Crippen LogP contribution is 2.43. The molecule has 1 aliphatic heterocycles. The zero-order valence-electron chi connectivity index (χ0n) is 11.8. The molecule has 0 saturated heterocycles. The van der Waals surface area contributed by atoms with E-state index in [0.717, 1.165) is 41.4 Å². The molecular weight excluding hydrogens is 321 g/mol. The Bertz CT molecular complexity index is 839. The summed E-state index contributed by atoms with van der Waals surface area (Å²) in [5.74, 6) is 0.289. The Balaban J connectivity index is 2.07. The summed E-state index contributed by atoms with van der Waals surface area (Å²) in [5.41, 5.74) is 4.36. The van der Waals surface area contributed by atoms with Crippen LogP contribution in [0.5, 0.6) is 0 Å². The number of hydrogen-bond acceptors (Lipinski definition) is 2. The predicted molar refractivity (Wildman–Crippen MR) is 88.4 cm³/mol. The predicted octanol–water partition coefficient (Wildman–Crippen LogP) is 3.89. The van der Waals surface area contributed by atoms with Gasteiger partial charge in [-0.05, 0) is 24.8 Å². The summed E-state index contributed by atoms with van der Waals surface area (Å²) in [7, 11) is 0. The first kappa shape index (κ1) is 14.1. The van der Waals surface area contributed by atoms with E-state index >= 15 is 0 Å². The molecule has 0 aliphatic carbocycles. The van der Waals surface area contributed by atoms with Crippen LogP contribution in [-0.4, -0.2) is 26.5 Å². The first-order valence-electron chi connectivity index (χ1n) is 7.29. The molecule has 0 spiro atoms. The zero-order valence-corrected chi connectivity index (χ0v) is 13.3. The van der Waals surface area contributed by atoms with Crippen molar-refractivity contribution in [3.63, 3.8) is 0 Å². The Labute approximate surface area is 137 Å². The average molecular weight is 336 g/mol. The zero-order chi connectivity index (χ0) is 15.3. The SMILES string of the molecule is OCC1CCn2c(c(-c3cn[nH]c3)c3ccc(Cl)c(Cl)c32)C1. The van der Waals surface area contributed by atoms with Gasteiger partial charge >= 0.3 is 0 Å². The van der Waals surface area contributed by atoms with Gasteiger partial charge in [0.05, 0.1) is 21.8 Å². The summed E-state index contributed by atoms with van der Waals surface area (Å²) >= 11 is 12.7. The van der Waals surface area contributed by atoms with Gasteiger partial charge < -0.3 is 9.67 Å². The number of fused-ring (bicyclic) bond motifs is 3. The summed E-state index contributed by atoms with van der Waals surface area (Å²) < 4.78 is 2.25. The topological polar surface area (TPSA) is 53.8 Å². The van der Waals surface area contributed by atoms with E-state index in [4.69, 9.17) is 23.2 Å². The number of nitrogens with zero attached hydrogens (tertiary/aromatic N) is 2. The van der Waals surface area contributed by atoms with Crippen molar-refractivity contribution < 1.29 is 5.11 Å². The fourth-order valence-electron chi connectivity index (χ4n) is 3.44. The van der Waals surface area contributed by atoms with Gasteiger partial charge in [-0.2, -0.15) is 5.10 Å². The highest BCUT2D eigenvalue weighted by Gasteiger charge is 2.27. The molecule has 0 bridgehead atoms. The Hall–Kier alpha value is -1.49. The van der Waals surface area contributed by atoms with Gasteiger partial charge in [0.25, 0.3) is 0 Å². The lowest BCUT2D eigenvalue weighted by molar-refractivity contribution is 0.202. The Kier molecular flexibility index (Phi) is 3.40. The summed E-state index contributed by atoms with van der Waals surface area (Å²) in [5, 5.41) is 18.7. The van der Waals surface area contributed by atoms with Gasteiger partial charge in [0.2, 0.25) is 0 Å². The molecule has 4 rings (SSSR count). The third-order valence-corrected chi connectivity index (χ3v) is 5.31. The smallest absolute Gasteiger partial charge is 0.0835 e. The van der Waals surface area contributed by atoms with E-state index in [1.165, 1.54) is 5.69 Å². The highest BCUT2D eigenvalue weighted by atomic mass is 35.5. The molecule has 0 amide bonds. The number of aromatic nitrogens is 3. The molecule has 3 aromatic rings. The molecule has 0 fully saturated rings. The van der Waals surface area contributed by atoms with Crippen LogP contribution in [0.4, 0.5) is 0 Å². The largest absolute Gasteiger partial charge is 0.396 e. The van der Waals surface area contributed by atoms with E-state index < -0.39 is 0 Å². The molecule has 3 heterocycles. The van der Waals surface area contributed by atoms with Crippen LogP contribution in [0, 0.1) is 5.92 Å². The van der Waals surface area contributed by atoms with Gasteiger partial charge in [0, 0.05) is 41.6 Å². The molecule has 1 atom stereocenters. The van der Waals surface area contributed by atoms with Crippen LogP contribution < -0.4 is 0 Å². The lowest BCUT2D eigenvalue weighted by atomic mass is 9.93. The number of halogens is 2. The number of aryl methyl sites for hydroxylation is 1. The van der Waals surface area contributed by atoms with Crippen LogP contribution in [0.2, 0.25) is 10.0 Å². The molecule has 114 valence electrons. The van der Waals surface area contributed by atoms with E-state index in [0.29, 0.717) is 10.0 Å². The Morgan fingerprint density at radius 2 is 2.23 bits per heavy atom. The normalized spacial score (nSPS) is 17.9. The summed E-state index contributed by atoms with van der Waals surface area (Å²) in [6.45, 7) is 1.05. The van der Waals surface area contributed by atoms with E-state index in [9.17, 15) is 5.11 Å². The Morgan fingerprint density at radius 1 is 1.36 bits per heavy atom. The van der Waals surface area contributed by atoms with Crippen molar-refractivity contribution in [1.82, 2.24) is 14.8 Å². The van der Waals surface area contributed by atoms with Crippen molar-refractivity contribution >= 4 is 34.1 Å². The summed E-state index contributed by atoms with van der Waals surface area (Å²) in [6, 6.07) is 3.86. The number of nitrogens with one attached hydrogen (secondary N) is 1. The summed E-state index contributed by atoms with van der Waals surface area (Å²) in [4.78, 5) is 0. The second-order valence-corrected chi connectivity index (χ2v) is 6.54. The minimum atomic E-state index is 0.209. The molecule has 0 saturated carbocycles. The van der Waals surface area contributed by atoms with Crippen LogP contribution in [-0.2, 0) is 13.0 Å². The van der Waals surface area contributed by atoms with Crippen molar-refractivity contribution in [2.24, 2.45) is 5.92 Å².